The third kappa shape index (κ3) is 4.57. The molecule has 0 fully saturated rings. The van der Waals surface area contributed by atoms with Crippen LogP contribution in [0.5, 0.6) is 0 Å². The molecule has 27 heavy (non-hydrogen) atoms. The monoisotopic (exact) mass is 399 g/mol. The first kappa shape index (κ1) is 18.6. The van der Waals surface area contributed by atoms with Crippen LogP contribution in [-0.2, 0) is 24.2 Å². The Bertz CT molecular complexity index is 884. The van der Waals surface area contributed by atoms with Crippen LogP contribution in [0.15, 0.2) is 35.7 Å². The van der Waals surface area contributed by atoms with Crippen LogP contribution in [0, 0.1) is 0 Å². The smallest absolute Gasteiger partial charge is 0.220 e. The van der Waals surface area contributed by atoms with Gasteiger partial charge in [-0.1, -0.05) is 12.1 Å². The van der Waals surface area contributed by atoms with Crippen LogP contribution in [0.2, 0.25) is 0 Å². The standard InChI is InChI=1S/C21H25N3OS2/c1-15(24-11-9-18-16(14-24)10-12-26-18)13-22-20(25)7-4-8-21-23-17-5-2-3-6-19(17)27-21/h2-3,5-6,10,12,15H,4,7-9,11,13-14H2,1H3,(H,22,25). The van der Waals surface area contributed by atoms with Crippen molar-refractivity contribution in [1.29, 1.82) is 0 Å². The third-order valence-corrected chi connectivity index (χ3v) is 7.31. The third-order valence-electron chi connectivity index (χ3n) is 5.19. The van der Waals surface area contributed by atoms with Crippen molar-refractivity contribution in [3.8, 4) is 0 Å². The zero-order valence-corrected chi connectivity index (χ0v) is 17.2. The zero-order valence-electron chi connectivity index (χ0n) is 15.6. The van der Waals surface area contributed by atoms with Gasteiger partial charge in [-0.05, 0) is 55.3 Å². The molecule has 4 nitrogen and oxygen atoms in total. The largest absolute Gasteiger partial charge is 0.355 e. The predicted octanol–water partition coefficient (Wildman–Crippen LogP) is 4.24. The number of carbonyl (C=O) groups is 1. The van der Waals surface area contributed by atoms with Crippen molar-refractivity contribution in [3.63, 3.8) is 0 Å². The fourth-order valence-electron chi connectivity index (χ4n) is 3.55. The second-order valence-corrected chi connectivity index (χ2v) is 9.29. The maximum absolute atomic E-state index is 12.2. The fourth-order valence-corrected chi connectivity index (χ4v) is 5.45. The van der Waals surface area contributed by atoms with Gasteiger partial charge in [0.25, 0.3) is 0 Å². The van der Waals surface area contributed by atoms with E-state index in [0.29, 0.717) is 12.5 Å². The van der Waals surface area contributed by atoms with Crippen LogP contribution >= 0.6 is 22.7 Å². The molecule has 6 heteroatoms. The van der Waals surface area contributed by atoms with Gasteiger partial charge in [-0.2, -0.15) is 0 Å². The number of aromatic nitrogens is 1. The first-order chi connectivity index (χ1) is 13.2. The number of nitrogens with one attached hydrogen (secondary N) is 1. The molecule has 1 amide bonds. The summed E-state index contributed by atoms with van der Waals surface area (Å²) in [7, 11) is 0. The highest BCUT2D eigenvalue weighted by atomic mass is 32.1. The Morgan fingerprint density at radius 1 is 1.33 bits per heavy atom. The van der Waals surface area contributed by atoms with Crippen molar-refractivity contribution in [1.82, 2.24) is 15.2 Å². The Kier molecular flexibility index (Phi) is 5.86. The van der Waals surface area contributed by atoms with Crippen molar-refractivity contribution in [2.75, 3.05) is 13.1 Å². The highest BCUT2D eigenvalue weighted by molar-refractivity contribution is 7.18. The van der Waals surface area contributed by atoms with Gasteiger partial charge in [-0.15, -0.1) is 22.7 Å². The Labute approximate surface area is 168 Å². The van der Waals surface area contributed by atoms with Gasteiger partial charge in [0.1, 0.15) is 0 Å². The van der Waals surface area contributed by atoms with E-state index in [1.807, 2.05) is 29.5 Å². The second-order valence-electron chi connectivity index (χ2n) is 7.17. The van der Waals surface area contributed by atoms with Gasteiger partial charge < -0.3 is 5.32 Å². The summed E-state index contributed by atoms with van der Waals surface area (Å²) in [5, 5.41) is 6.42. The van der Waals surface area contributed by atoms with Gasteiger partial charge in [0, 0.05) is 37.0 Å². The van der Waals surface area contributed by atoms with Gasteiger partial charge in [0.2, 0.25) is 5.91 Å². The average molecular weight is 400 g/mol. The normalized spacial score (nSPS) is 15.6. The molecule has 1 aliphatic rings. The van der Waals surface area contributed by atoms with E-state index in [4.69, 9.17) is 0 Å². The zero-order chi connectivity index (χ0) is 18.6. The van der Waals surface area contributed by atoms with Gasteiger partial charge in [0.05, 0.1) is 15.2 Å². The van der Waals surface area contributed by atoms with E-state index in [2.05, 4.69) is 39.6 Å². The average Bonchev–Trinajstić information content (AvgIpc) is 3.31. The summed E-state index contributed by atoms with van der Waals surface area (Å²) in [6, 6.07) is 10.8. The Balaban J connectivity index is 1.18. The van der Waals surface area contributed by atoms with Crippen LogP contribution in [0.4, 0.5) is 0 Å². The van der Waals surface area contributed by atoms with E-state index in [1.54, 1.807) is 11.3 Å². The molecule has 3 aromatic rings. The van der Waals surface area contributed by atoms with Gasteiger partial charge in [-0.3, -0.25) is 9.69 Å². The van der Waals surface area contributed by atoms with E-state index < -0.39 is 0 Å². The molecular weight excluding hydrogens is 374 g/mol. The molecule has 0 saturated heterocycles. The molecule has 1 atom stereocenters. The molecule has 1 N–H and O–H groups in total. The highest BCUT2D eigenvalue weighted by Crippen LogP contribution is 2.25. The summed E-state index contributed by atoms with van der Waals surface area (Å²) < 4.78 is 1.22. The lowest BCUT2D eigenvalue weighted by Gasteiger charge is -2.32. The van der Waals surface area contributed by atoms with E-state index in [-0.39, 0.29) is 5.91 Å². The minimum absolute atomic E-state index is 0.149. The van der Waals surface area contributed by atoms with Crippen molar-refractivity contribution >= 4 is 38.8 Å². The Morgan fingerprint density at radius 3 is 3.11 bits per heavy atom. The fraction of sp³-hybridized carbons (Fsp3) is 0.429. The summed E-state index contributed by atoms with van der Waals surface area (Å²) in [4.78, 5) is 20.8. The van der Waals surface area contributed by atoms with Gasteiger partial charge in [0.15, 0.2) is 0 Å². The lowest BCUT2D eigenvalue weighted by molar-refractivity contribution is -0.121. The molecule has 0 spiro atoms. The molecular formula is C21H25N3OS2. The van der Waals surface area contributed by atoms with Crippen molar-refractivity contribution in [3.05, 3.63) is 51.2 Å². The maximum atomic E-state index is 12.2. The van der Waals surface area contributed by atoms with Crippen molar-refractivity contribution in [2.45, 2.75) is 45.2 Å². The van der Waals surface area contributed by atoms with E-state index in [1.165, 1.54) is 15.1 Å². The second kappa shape index (κ2) is 8.50. The molecule has 0 saturated carbocycles. The predicted molar refractivity (Wildman–Crippen MR) is 113 cm³/mol. The highest BCUT2D eigenvalue weighted by Gasteiger charge is 2.21. The first-order valence-corrected chi connectivity index (χ1v) is 11.3. The molecule has 142 valence electrons. The SMILES string of the molecule is CC(CNC(=O)CCCc1nc2ccccc2s1)N1CCc2sccc2C1. The molecule has 1 unspecified atom stereocenters. The summed E-state index contributed by atoms with van der Waals surface area (Å²) in [5.74, 6) is 0.149. The molecule has 1 aromatic carbocycles. The lowest BCUT2D eigenvalue weighted by Crippen LogP contribution is -2.44. The summed E-state index contributed by atoms with van der Waals surface area (Å²) >= 11 is 3.60. The van der Waals surface area contributed by atoms with Crippen LogP contribution < -0.4 is 5.32 Å². The maximum Gasteiger partial charge on any atom is 0.220 e. The summed E-state index contributed by atoms with van der Waals surface area (Å²) in [5.41, 5.74) is 2.52. The number of thiophene rings is 1. The number of nitrogens with zero attached hydrogens (tertiary/aromatic N) is 2. The van der Waals surface area contributed by atoms with Gasteiger partial charge in [-0.25, -0.2) is 4.98 Å². The summed E-state index contributed by atoms with van der Waals surface area (Å²) in [6.07, 6.45) is 3.42. The van der Waals surface area contributed by atoms with E-state index in [9.17, 15) is 4.79 Å². The first-order valence-electron chi connectivity index (χ1n) is 9.59. The number of para-hydroxylation sites is 1. The number of benzene rings is 1. The number of hydrogen-bond donors (Lipinski definition) is 1. The van der Waals surface area contributed by atoms with Crippen LogP contribution in [0.3, 0.4) is 0 Å². The molecule has 0 aliphatic carbocycles. The van der Waals surface area contributed by atoms with Crippen molar-refractivity contribution < 1.29 is 4.79 Å². The molecule has 2 aromatic heterocycles. The Hall–Kier alpha value is -1.76. The number of rotatable bonds is 7. The van der Waals surface area contributed by atoms with Crippen LogP contribution in [0.1, 0.15) is 35.2 Å². The summed E-state index contributed by atoms with van der Waals surface area (Å²) in [6.45, 7) is 5.02. The molecule has 0 bridgehead atoms. The number of amides is 1. The van der Waals surface area contributed by atoms with E-state index >= 15 is 0 Å². The topological polar surface area (TPSA) is 45.2 Å². The number of fused-ring (bicyclic) bond motifs is 2. The lowest BCUT2D eigenvalue weighted by atomic mass is 10.1. The van der Waals surface area contributed by atoms with E-state index in [0.717, 1.165) is 49.4 Å². The molecule has 4 rings (SSSR count). The van der Waals surface area contributed by atoms with Crippen molar-refractivity contribution in [2.24, 2.45) is 0 Å². The van der Waals surface area contributed by atoms with Crippen LogP contribution in [0.25, 0.3) is 10.2 Å². The molecule has 1 aliphatic heterocycles. The van der Waals surface area contributed by atoms with Gasteiger partial charge >= 0.3 is 0 Å². The quantitative estimate of drug-likeness (QED) is 0.646. The minimum Gasteiger partial charge on any atom is -0.355 e. The Morgan fingerprint density at radius 2 is 2.22 bits per heavy atom. The number of aryl methyl sites for hydroxylation is 1. The number of hydrogen-bond acceptors (Lipinski definition) is 5. The molecule has 3 heterocycles. The number of thiazole rings is 1. The molecule has 0 radical (unpaired) electrons. The number of carbonyl (C=O) groups excluding carboxylic acids is 1. The van der Waals surface area contributed by atoms with Crippen LogP contribution in [-0.4, -0.2) is 34.9 Å². The minimum atomic E-state index is 0.149.